The lowest BCUT2D eigenvalue weighted by Gasteiger charge is -2.42. The Morgan fingerprint density at radius 3 is 2.20 bits per heavy atom. The lowest BCUT2D eigenvalue weighted by molar-refractivity contribution is -0.139. The molecule has 2 N–H and O–H groups in total. The van der Waals surface area contributed by atoms with Crippen LogP contribution in [0.5, 0.6) is 0 Å². The minimum absolute atomic E-state index is 0. The molecule has 5 nitrogen and oxygen atoms in total. The normalized spacial score (nSPS) is 12.2. The Labute approximate surface area is 245 Å². The van der Waals surface area contributed by atoms with Crippen LogP contribution in [0.15, 0.2) is 72.8 Å². The van der Waals surface area contributed by atoms with Gasteiger partial charge in [-0.25, -0.2) is 4.79 Å². The molecule has 0 aliphatic carbocycles. The maximum atomic E-state index is 13.4. The van der Waals surface area contributed by atoms with Crippen LogP contribution < -0.4 is 5.32 Å². The number of aryl methyl sites for hydroxylation is 1. The van der Waals surface area contributed by atoms with E-state index in [0.717, 1.165) is 35.2 Å². The average Bonchev–Trinajstić information content (AvgIpc) is 2.89. The van der Waals surface area contributed by atoms with E-state index in [1.807, 2.05) is 55.6 Å². The molecule has 3 aromatic rings. The minimum Gasteiger partial charge on any atom is -0.480 e. The Bertz CT molecular complexity index is 1260. The van der Waals surface area contributed by atoms with Crippen LogP contribution in [0.2, 0.25) is 0 Å². The van der Waals surface area contributed by atoms with E-state index in [0.29, 0.717) is 23.8 Å². The molecule has 0 saturated heterocycles. The minimum atomic E-state index is -1.01. The van der Waals surface area contributed by atoms with Crippen LogP contribution in [0, 0.1) is 6.92 Å². The van der Waals surface area contributed by atoms with Crippen molar-refractivity contribution in [2.75, 3.05) is 12.0 Å². The summed E-state index contributed by atoms with van der Waals surface area (Å²) in [6.45, 7) is 11.8. The Kier molecular flexibility index (Phi) is 12.5. The number of rotatable bonds is 13. The number of carboxylic acid groups (broad SMARTS) is 1. The molecule has 0 aliphatic rings. The first-order valence-electron chi connectivity index (χ1n) is 13.6. The summed E-state index contributed by atoms with van der Waals surface area (Å²) in [4.78, 5) is 27.8. The van der Waals surface area contributed by atoms with Gasteiger partial charge in [0, 0.05) is 23.7 Å². The molecule has 1 atom stereocenters. The third-order valence-electron chi connectivity index (χ3n) is 7.21. The lowest BCUT2D eigenvalue weighted by Crippen LogP contribution is -2.48. The fraction of sp³-hybridized carbons (Fsp3) is 0.412. The SMILES string of the molecule is C.CSCC[C@H](NC(=O)c1ccc(CN(C(C)C)C(C)(C)Cc2ccccc2)cc1-c1ccccc1C)C(=O)O. The lowest BCUT2D eigenvalue weighted by atomic mass is 9.90. The standard InChI is InChI=1S/C33H42N2O3S.CH4/c1-23(2)35(33(4,5)21-25-13-8-7-9-14-25)22-26-16-17-28(29(20-26)27-15-11-10-12-24(27)3)31(36)34-30(32(37)38)18-19-39-6;/h7-17,20,23,30H,18-19,21-22H2,1-6H3,(H,34,36)(H,37,38);1H4/t30-;/m0./s1. The number of aliphatic carboxylic acids is 1. The summed E-state index contributed by atoms with van der Waals surface area (Å²) >= 11 is 1.57. The fourth-order valence-corrected chi connectivity index (χ4v) is 5.68. The summed E-state index contributed by atoms with van der Waals surface area (Å²) in [5.41, 5.74) is 5.66. The molecule has 1 amide bonds. The molecule has 0 heterocycles. The number of benzene rings is 3. The Balaban J connectivity index is 0.00000560. The highest BCUT2D eigenvalue weighted by Crippen LogP contribution is 2.31. The van der Waals surface area contributed by atoms with E-state index in [2.05, 4.69) is 68.2 Å². The molecule has 216 valence electrons. The molecule has 3 aromatic carbocycles. The van der Waals surface area contributed by atoms with Gasteiger partial charge in [0.05, 0.1) is 0 Å². The second kappa shape index (κ2) is 15.1. The van der Waals surface area contributed by atoms with Crippen molar-refractivity contribution in [3.8, 4) is 11.1 Å². The number of carbonyl (C=O) groups is 2. The summed E-state index contributed by atoms with van der Waals surface area (Å²) in [6, 6.07) is 23.9. The second-order valence-electron chi connectivity index (χ2n) is 11.0. The van der Waals surface area contributed by atoms with Crippen LogP contribution in [-0.4, -0.2) is 51.5 Å². The third kappa shape index (κ3) is 8.70. The first-order chi connectivity index (χ1) is 18.5. The van der Waals surface area contributed by atoms with Crippen molar-refractivity contribution in [3.05, 3.63) is 95.1 Å². The maximum Gasteiger partial charge on any atom is 0.326 e. The van der Waals surface area contributed by atoms with Gasteiger partial charge in [0.1, 0.15) is 6.04 Å². The molecule has 6 heteroatoms. The van der Waals surface area contributed by atoms with Crippen LogP contribution in [0.4, 0.5) is 0 Å². The molecule has 3 rings (SSSR count). The predicted octanol–water partition coefficient (Wildman–Crippen LogP) is 7.47. The van der Waals surface area contributed by atoms with Crippen LogP contribution in [0.25, 0.3) is 11.1 Å². The highest BCUT2D eigenvalue weighted by atomic mass is 32.2. The van der Waals surface area contributed by atoms with Gasteiger partial charge in [-0.2, -0.15) is 11.8 Å². The molecule has 0 aliphatic heterocycles. The van der Waals surface area contributed by atoms with Gasteiger partial charge in [0.15, 0.2) is 0 Å². The van der Waals surface area contributed by atoms with Crippen molar-refractivity contribution >= 4 is 23.6 Å². The third-order valence-corrected chi connectivity index (χ3v) is 7.86. The van der Waals surface area contributed by atoms with E-state index in [4.69, 9.17) is 0 Å². The molecule has 0 spiro atoms. The fourth-order valence-electron chi connectivity index (χ4n) is 5.20. The van der Waals surface area contributed by atoms with Crippen LogP contribution in [0.3, 0.4) is 0 Å². The van der Waals surface area contributed by atoms with Crippen molar-refractivity contribution in [1.29, 1.82) is 0 Å². The highest BCUT2D eigenvalue weighted by Gasteiger charge is 2.30. The maximum absolute atomic E-state index is 13.4. The average molecular weight is 563 g/mol. The molecule has 0 fully saturated rings. The van der Waals surface area contributed by atoms with Gasteiger partial charge in [0.25, 0.3) is 5.91 Å². The number of nitrogens with one attached hydrogen (secondary N) is 1. The van der Waals surface area contributed by atoms with Crippen LogP contribution in [-0.2, 0) is 17.8 Å². The van der Waals surface area contributed by atoms with E-state index in [1.54, 1.807) is 11.8 Å². The van der Waals surface area contributed by atoms with Gasteiger partial charge in [-0.05, 0) is 99.4 Å². The number of amides is 1. The summed E-state index contributed by atoms with van der Waals surface area (Å²) < 4.78 is 0. The first-order valence-corrected chi connectivity index (χ1v) is 14.9. The number of carbonyl (C=O) groups excluding carboxylic acids is 1. The smallest absolute Gasteiger partial charge is 0.326 e. The van der Waals surface area contributed by atoms with E-state index >= 15 is 0 Å². The van der Waals surface area contributed by atoms with Crippen molar-refractivity contribution in [1.82, 2.24) is 10.2 Å². The number of hydrogen-bond acceptors (Lipinski definition) is 4. The van der Waals surface area contributed by atoms with Crippen molar-refractivity contribution in [2.45, 2.75) is 79.1 Å². The summed E-state index contributed by atoms with van der Waals surface area (Å²) in [6.07, 6.45) is 3.22. The zero-order chi connectivity index (χ0) is 28.6. The van der Waals surface area contributed by atoms with Gasteiger partial charge in [-0.1, -0.05) is 68.1 Å². The number of hydrogen-bond donors (Lipinski definition) is 2. The molecule has 40 heavy (non-hydrogen) atoms. The van der Waals surface area contributed by atoms with Crippen LogP contribution in [0.1, 0.15) is 68.6 Å². The summed E-state index contributed by atoms with van der Waals surface area (Å²) in [7, 11) is 0. The summed E-state index contributed by atoms with van der Waals surface area (Å²) in [5.74, 6) is -0.719. The quantitative estimate of drug-likeness (QED) is 0.226. The number of thioether (sulfide) groups is 1. The zero-order valence-corrected chi connectivity index (χ0v) is 24.8. The van der Waals surface area contributed by atoms with Crippen molar-refractivity contribution in [2.24, 2.45) is 0 Å². The van der Waals surface area contributed by atoms with Gasteiger partial charge in [0.2, 0.25) is 0 Å². The molecule has 0 saturated carbocycles. The van der Waals surface area contributed by atoms with Crippen LogP contribution >= 0.6 is 11.8 Å². The van der Waals surface area contributed by atoms with Crippen molar-refractivity contribution in [3.63, 3.8) is 0 Å². The monoisotopic (exact) mass is 562 g/mol. The number of nitrogens with zero attached hydrogens (tertiary/aromatic N) is 1. The topological polar surface area (TPSA) is 69.6 Å². The zero-order valence-electron chi connectivity index (χ0n) is 24.0. The second-order valence-corrected chi connectivity index (χ2v) is 12.0. The highest BCUT2D eigenvalue weighted by molar-refractivity contribution is 7.98. The molecular weight excluding hydrogens is 516 g/mol. The van der Waals surface area contributed by atoms with Gasteiger partial charge >= 0.3 is 5.97 Å². The molecular formula is C34H46N2O3S. The van der Waals surface area contributed by atoms with Gasteiger partial charge in [-0.3, -0.25) is 9.69 Å². The predicted molar refractivity (Wildman–Crippen MR) is 170 cm³/mol. The number of carboxylic acids is 1. The summed E-state index contributed by atoms with van der Waals surface area (Å²) in [5, 5.41) is 12.4. The Hall–Kier alpha value is -3.09. The molecule has 0 radical (unpaired) electrons. The van der Waals surface area contributed by atoms with Crippen molar-refractivity contribution < 1.29 is 14.7 Å². The van der Waals surface area contributed by atoms with Gasteiger partial charge in [-0.15, -0.1) is 0 Å². The van der Waals surface area contributed by atoms with E-state index < -0.39 is 12.0 Å². The molecule has 0 unspecified atom stereocenters. The Morgan fingerprint density at radius 1 is 0.950 bits per heavy atom. The molecule has 0 aromatic heterocycles. The Morgan fingerprint density at radius 2 is 1.60 bits per heavy atom. The van der Waals surface area contributed by atoms with E-state index in [1.165, 1.54) is 5.56 Å². The van der Waals surface area contributed by atoms with Gasteiger partial charge < -0.3 is 10.4 Å². The van der Waals surface area contributed by atoms with E-state index in [-0.39, 0.29) is 18.9 Å². The largest absolute Gasteiger partial charge is 0.480 e. The van der Waals surface area contributed by atoms with E-state index in [9.17, 15) is 14.7 Å². The first kappa shape index (κ1) is 33.1. The molecule has 0 bridgehead atoms.